The van der Waals surface area contributed by atoms with E-state index in [1.165, 1.54) is 0 Å². The van der Waals surface area contributed by atoms with E-state index >= 15 is 0 Å². The van der Waals surface area contributed by atoms with Crippen LogP contribution in [0.25, 0.3) is 0 Å². The Labute approximate surface area is 113 Å². The topological polar surface area (TPSA) is 71.5 Å². The molecule has 1 aromatic rings. The number of rotatable bonds is 5. The second-order valence-electron chi connectivity index (χ2n) is 5.40. The van der Waals surface area contributed by atoms with Gasteiger partial charge in [-0.05, 0) is 25.5 Å². The van der Waals surface area contributed by atoms with Crippen molar-refractivity contribution in [1.82, 2.24) is 4.98 Å². The summed E-state index contributed by atoms with van der Waals surface area (Å²) in [5.41, 5.74) is 0.182. The van der Waals surface area contributed by atoms with Crippen LogP contribution in [0.5, 0.6) is 0 Å². The largest absolute Gasteiger partial charge is 0.478 e. The average Bonchev–Trinajstić information content (AvgIpc) is 2.38. The number of nitrogens with one attached hydrogen (secondary N) is 1. The highest BCUT2D eigenvalue weighted by molar-refractivity contribution is 5.93. The van der Waals surface area contributed by atoms with Gasteiger partial charge in [0.1, 0.15) is 11.4 Å². The highest BCUT2D eigenvalue weighted by Gasteiger charge is 2.49. The molecule has 1 aromatic heterocycles. The maximum Gasteiger partial charge on any atom is 0.339 e. The van der Waals surface area contributed by atoms with Gasteiger partial charge in [0.15, 0.2) is 0 Å². The lowest BCUT2D eigenvalue weighted by Crippen LogP contribution is -2.58. The lowest BCUT2D eigenvalue weighted by molar-refractivity contribution is -0.0976. The second kappa shape index (κ2) is 5.17. The maximum absolute atomic E-state index is 11.1. The molecule has 0 saturated heterocycles. The van der Waals surface area contributed by atoms with Crippen molar-refractivity contribution in [2.45, 2.75) is 39.3 Å². The van der Waals surface area contributed by atoms with E-state index in [1.807, 2.05) is 6.92 Å². The number of hydrogen-bond donors (Lipinski definition) is 2. The molecule has 2 atom stereocenters. The fourth-order valence-electron chi connectivity index (χ4n) is 2.47. The maximum atomic E-state index is 11.1. The van der Waals surface area contributed by atoms with Crippen LogP contribution in [0.4, 0.5) is 5.82 Å². The molecule has 1 aliphatic carbocycles. The Morgan fingerprint density at radius 1 is 1.63 bits per heavy atom. The number of nitrogens with zero attached hydrogens (tertiary/aromatic N) is 1. The zero-order valence-corrected chi connectivity index (χ0v) is 11.5. The van der Waals surface area contributed by atoms with Gasteiger partial charge in [-0.2, -0.15) is 0 Å². The Balaban J connectivity index is 2.10. The van der Waals surface area contributed by atoms with Gasteiger partial charge in [0.05, 0.1) is 6.10 Å². The molecular weight excluding hydrogens is 244 g/mol. The quantitative estimate of drug-likeness (QED) is 0.854. The summed E-state index contributed by atoms with van der Waals surface area (Å²) in [6, 6.07) is 3.37. The standard InChI is InChI=1S/C14H20N2O3/c1-4-19-11-8-10(14(11,2)3)16-12-9(13(17)18)6-5-7-15-12/h5-7,10-11H,4,8H2,1-3H3,(H,15,16)(H,17,18). The molecule has 0 amide bonds. The van der Waals surface area contributed by atoms with Gasteiger partial charge in [-0.1, -0.05) is 13.8 Å². The second-order valence-corrected chi connectivity index (χ2v) is 5.40. The molecule has 104 valence electrons. The van der Waals surface area contributed by atoms with Crippen molar-refractivity contribution >= 4 is 11.8 Å². The Morgan fingerprint density at radius 3 is 2.95 bits per heavy atom. The molecule has 1 aliphatic rings. The summed E-state index contributed by atoms with van der Waals surface area (Å²) in [4.78, 5) is 15.3. The van der Waals surface area contributed by atoms with Crippen molar-refractivity contribution < 1.29 is 14.6 Å². The van der Waals surface area contributed by atoms with E-state index in [0.717, 1.165) is 6.42 Å². The van der Waals surface area contributed by atoms with Gasteiger partial charge < -0.3 is 15.2 Å². The van der Waals surface area contributed by atoms with E-state index in [1.54, 1.807) is 18.3 Å². The molecule has 1 heterocycles. The number of carbonyl (C=O) groups is 1. The molecule has 0 radical (unpaired) electrons. The first-order valence-electron chi connectivity index (χ1n) is 6.53. The van der Waals surface area contributed by atoms with Gasteiger partial charge in [-0.3, -0.25) is 0 Å². The van der Waals surface area contributed by atoms with E-state index in [0.29, 0.717) is 12.4 Å². The Hall–Kier alpha value is -1.62. The predicted molar refractivity (Wildman–Crippen MR) is 72.4 cm³/mol. The van der Waals surface area contributed by atoms with Crippen LogP contribution in [-0.2, 0) is 4.74 Å². The number of ether oxygens (including phenoxy) is 1. The Kier molecular flexibility index (Phi) is 3.75. The van der Waals surface area contributed by atoms with Crippen molar-refractivity contribution in [2.24, 2.45) is 5.41 Å². The van der Waals surface area contributed by atoms with Gasteiger partial charge in [-0.25, -0.2) is 9.78 Å². The van der Waals surface area contributed by atoms with Gasteiger partial charge >= 0.3 is 5.97 Å². The molecule has 2 unspecified atom stereocenters. The summed E-state index contributed by atoms with van der Waals surface area (Å²) in [5.74, 6) is -0.530. The minimum absolute atomic E-state index is 0.0245. The van der Waals surface area contributed by atoms with E-state index in [-0.39, 0.29) is 23.1 Å². The first-order valence-corrected chi connectivity index (χ1v) is 6.53. The van der Waals surface area contributed by atoms with Crippen LogP contribution in [-0.4, -0.2) is 34.8 Å². The van der Waals surface area contributed by atoms with Crippen molar-refractivity contribution in [3.63, 3.8) is 0 Å². The summed E-state index contributed by atoms with van der Waals surface area (Å²) in [6.45, 7) is 6.93. The molecule has 0 spiro atoms. The van der Waals surface area contributed by atoms with Gasteiger partial charge in [-0.15, -0.1) is 0 Å². The average molecular weight is 264 g/mol. The number of aromatic carboxylic acids is 1. The number of anilines is 1. The van der Waals surface area contributed by atoms with E-state index in [9.17, 15) is 4.79 Å². The summed E-state index contributed by atoms with van der Waals surface area (Å²) < 4.78 is 5.66. The highest BCUT2D eigenvalue weighted by atomic mass is 16.5. The van der Waals surface area contributed by atoms with Crippen LogP contribution < -0.4 is 5.32 Å². The van der Waals surface area contributed by atoms with Gasteiger partial charge in [0.2, 0.25) is 0 Å². The lowest BCUT2D eigenvalue weighted by atomic mass is 9.64. The van der Waals surface area contributed by atoms with Crippen LogP contribution in [0.3, 0.4) is 0 Å². The first-order chi connectivity index (χ1) is 8.96. The van der Waals surface area contributed by atoms with Crippen molar-refractivity contribution in [3.05, 3.63) is 23.9 Å². The molecule has 2 N–H and O–H groups in total. The Morgan fingerprint density at radius 2 is 2.37 bits per heavy atom. The SMILES string of the molecule is CCOC1CC(Nc2ncccc2C(=O)O)C1(C)C. The third-order valence-corrected chi connectivity index (χ3v) is 3.89. The monoisotopic (exact) mass is 264 g/mol. The summed E-state index contributed by atoms with van der Waals surface area (Å²) in [6.07, 6.45) is 2.68. The summed E-state index contributed by atoms with van der Waals surface area (Å²) >= 11 is 0. The van der Waals surface area contributed by atoms with Crippen LogP contribution in [0.15, 0.2) is 18.3 Å². The minimum atomic E-state index is -0.964. The number of carboxylic acids is 1. The summed E-state index contributed by atoms with van der Waals surface area (Å²) in [7, 11) is 0. The first kappa shape index (κ1) is 13.8. The van der Waals surface area contributed by atoms with Gasteiger partial charge in [0, 0.05) is 24.3 Å². The number of pyridine rings is 1. The molecule has 5 nitrogen and oxygen atoms in total. The van der Waals surface area contributed by atoms with E-state index in [4.69, 9.17) is 9.84 Å². The molecule has 1 saturated carbocycles. The normalized spacial score (nSPS) is 24.6. The number of carboxylic acid groups (broad SMARTS) is 1. The van der Waals surface area contributed by atoms with E-state index < -0.39 is 5.97 Å². The third-order valence-electron chi connectivity index (χ3n) is 3.89. The van der Waals surface area contributed by atoms with Crippen molar-refractivity contribution in [1.29, 1.82) is 0 Å². The zero-order valence-electron chi connectivity index (χ0n) is 11.5. The number of hydrogen-bond acceptors (Lipinski definition) is 4. The van der Waals surface area contributed by atoms with Crippen LogP contribution in [0.1, 0.15) is 37.6 Å². The molecule has 0 aliphatic heterocycles. The van der Waals surface area contributed by atoms with E-state index in [2.05, 4.69) is 24.1 Å². The Bertz CT molecular complexity index is 474. The molecule has 19 heavy (non-hydrogen) atoms. The van der Waals surface area contributed by atoms with Crippen molar-refractivity contribution in [3.8, 4) is 0 Å². The molecule has 2 rings (SSSR count). The lowest BCUT2D eigenvalue weighted by Gasteiger charge is -2.51. The predicted octanol–water partition coefficient (Wildman–Crippen LogP) is 2.40. The third kappa shape index (κ3) is 2.56. The molecule has 0 bridgehead atoms. The molecular formula is C14H20N2O3. The van der Waals surface area contributed by atoms with Crippen LogP contribution >= 0.6 is 0 Å². The fraction of sp³-hybridized carbons (Fsp3) is 0.571. The minimum Gasteiger partial charge on any atom is -0.478 e. The van der Waals surface area contributed by atoms with Crippen LogP contribution in [0.2, 0.25) is 0 Å². The smallest absolute Gasteiger partial charge is 0.339 e. The zero-order chi connectivity index (χ0) is 14.0. The molecule has 5 heteroatoms. The summed E-state index contributed by atoms with van der Waals surface area (Å²) in [5, 5.41) is 12.4. The van der Waals surface area contributed by atoms with Gasteiger partial charge in [0.25, 0.3) is 0 Å². The molecule has 0 aromatic carbocycles. The van der Waals surface area contributed by atoms with Crippen LogP contribution in [0, 0.1) is 5.41 Å². The number of aromatic nitrogens is 1. The molecule has 1 fully saturated rings. The fourth-order valence-corrected chi connectivity index (χ4v) is 2.47. The highest BCUT2D eigenvalue weighted by Crippen LogP contribution is 2.44. The van der Waals surface area contributed by atoms with Crippen molar-refractivity contribution in [2.75, 3.05) is 11.9 Å².